The minimum Gasteiger partial charge on any atom is -0.358 e. The quantitative estimate of drug-likeness (QED) is 0.470. The van der Waals surface area contributed by atoms with Gasteiger partial charge in [0.1, 0.15) is 0 Å². The van der Waals surface area contributed by atoms with Gasteiger partial charge in [0, 0.05) is 43.8 Å². The van der Waals surface area contributed by atoms with Gasteiger partial charge < -0.3 is 7.43 Å². The number of nitrogens with zero attached hydrogens (tertiary/aromatic N) is 1. The molecule has 0 saturated heterocycles. The van der Waals surface area contributed by atoms with Crippen LogP contribution < -0.4 is 0 Å². The Kier molecular flexibility index (Phi) is 8.17. The molecule has 0 aliphatic carbocycles. The molecule has 0 aliphatic rings. The van der Waals surface area contributed by atoms with E-state index in [-0.39, 0.29) is 50.7 Å². The molecule has 4 heteroatoms. The van der Waals surface area contributed by atoms with Crippen molar-refractivity contribution in [3.63, 3.8) is 0 Å². The van der Waals surface area contributed by atoms with Crippen molar-refractivity contribution >= 4 is 5.69 Å². The van der Waals surface area contributed by atoms with Gasteiger partial charge >= 0.3 is 0 Å². The van der Waals surface area contributed by atoms with Gasteiger partial charge in [0.15, 0.2) is 0 Å². The van der Waals surface area contributed by atoms with Crippen LogP contribution in [0.4, 0.5) is 5.69 Å². The second-order valence-electron chi connectivity index (χ2n) is 2.69. The first-order valence-corrected chi connectivity index (χ1v) is 3.89. The average molecular weight is 269 g/mol. The summed E-state index contributed by atoms with van der Waals surface area (Å²) in [4.78, 5) is 10.3. The molecule has 0 unspecified atom stereocenters. The first-order valence-electron chi connectivity index (χ1n) is 3.89. The molecule has 0 atom stereocenters. The zero-order chi connectivity index (χ0) is 9.14. The molecule has 14 heavy (non-hydrogen) atoms. The van der Waals surface area contributed by atoms with Crippen LogP contribution >= 0.6 is 0 Å². The van der Waals surface area contributed by atoms with Gasteiger partial charge in [-0.2, -0.15) is 0 Å². The Morgan fingerprint density at radius 1 is 1.43 bits per heavy atom. The molecule has 1 radical (unpaired) electrons. The third kappa shape index (κ3) is 3.47. The van der Waals surface area contributed by atoms with Crippen LogP contribution in [0.3, 0.4) is 0 Å². The average Bonchev–Trinajstić information content (AvgIpc) is 2.03. The fourth-order valence-corrected chi connectivity index (χ4v) is 1.27. The summed E-state index contributed by atoms with van der Waals surface area (Å²) in [5.41, 5.74) is 1.80. The second kappa shape index (κ2) is 7.07. The fourth-order valence-electron chi connectivity index (χ4n) is 1.27. The van der Waals surface area contributed by atoms with E-state index in [2.05, 4.69) is 0 Å². The van der Waals surface area contributed by atoms with E-state index in [1.165, 1.54) is 0 Å². The molecular weight excluding hydrogens is 255 g/mol. The topological polar surface area (TPSA) is 43.1 Å². The predicted molar refractivity (Wildman–Crippen MR) is 53.6 cm³/mol. The van der Waals surface area contributed by atoms with Gasteiger partial charge in [0.25, 0.3) is 5.69 Å². The second-order valence-corrected chi connectivity index (χ2v) is 2.69. The Morgan fingerprint density at radius 3 is 2.36 bits per heavy atom. The van der Waals surface area contributed by atoms with Crippen molar-refractivity contribution in [1.29, 1.82) is 0 Å². The summed E-state index contributed by atoms with van der Waals surface area (Å²) in [6.45, 7) is 3.68. The van der Waals surface area contributed by atoms with E-state index in [0.717, 1.165) is 11.1 Å². The molecular formula is C10H14NO2Y-. The molecule has 0 heterocycles. The van der Waals surface area contributed by atoms with Crippen LogP contribution in [-0.4, -0.2) is 4.92 Å². The van der Waals surface area contributed by atoms with E-state index < -0.39 is 0 Å². The van der Waals surface area contributed by atoms with Gasteiger partial charge in [-0.15, -0.1) is 0 Å². The Balaban J connectivity index is 0. The van der Waals surface area contributed by atoms with Crippen LogP contribution in [0.15, 0.2) is 18.2 Å². The van der Waals surface area contributed by atoms with Crippen molar-refractivity contribution in [2.45, 2.75) is 20.3 Å². The molecule has 0 amide bonds. The zero-order valence-corrected chi connectivity index (χ0v) is 11.6. The summed E-state index contributed by atoms with van der Waals surface area (Å²) in [6, 6.07) is 5.41. The molecule has 0 bridgehead atoms. The largest absolute Gasteiger partial charge is 0.358 e. The minimum absolute atomic E-state index is 0. The number of hydrogen-bond acceptors (Lipinski definition) is 2. The molecule has 0 spiro atoms. The summed E-state index contributed by atoms with van der Waals surface area (Å²) in [5.74, 6) is 0. The molecule has 1 aromatic rings. The van der Waals surface area contributed by atoms with Crippen molar-refractivity contribution in [1.82, 2.24) is 0 Å². The Labute approximate surface area is 110 Å². The predicted octanol–water partition coefficient (Wildman–Crippen LogP) is 2.91. The van der Waals surface area contributed by atoms with Gasteiger partial charge in [0.05, 0.1) is 4.92 Å². The number of hydrogen-bond donors (Lipinski definition) is 0. The van der Waals surface area contributed by atoms with Gasteiger partial charge in [0.2, 0.25) is 0 Å². The van der Waals surface area contributed by atoms with Gasteiger partial charge in [-0.05, 0) is 13.3 Å². The van der Waals surface area contributed by atoms with Gasteiger partial charge in [-0.25, -0.2) is 0 Å². The summed E-state index contributed by atoms with van der Waals surface area (Å²) in [6.07, 6.45) is 0.706. The van der Waals surface area contributed by atoms with Crippen LogP contribution in [0.5, 0.6) is 0 Å². The molecule has 0 N–H and O–H groups in total. The zero-order valence-electron chi connectivity index (χ0n) is 8.78. The van der Waals surface area contributed by atoms with Crippen LogP contribution in [-0.2, 0) is 39.1 Å². The number of para-hydroxylation sites is 1. The first kappa shape index (κ1) is 16.2. The van der Waals surface area contributed by atoms with Gasteiger partial charge in [-0.1, -0.05) is 25.1 Å². The standard InChI is InChI=1S/C9H11NO2.CH3.Y/c1-3-8-6-4-5-7(2)9(8)10(11)12;;/h4-6H,3H2,1-2H3;1H3;/q;-1;. The normalized spacial score (nSPS) is 8.43. The fraction of sp³-hybridized carbons (Fsp3) is 0.300. The van der Waals surface area contributed by atoms with Crippen molar-refractivity contribution < 1.29 is 37.6 Å². The van der Waals surface area contributed by atoms with E-state index in [9.17, 15) is 10.1 Å². The summed E-state index contributed by atoms with van der Waals surface area (Å²) < 4.78 is 0. The van der Waals surface area contributed by atoms with E-state index in [0.29, 0.717) is 6.42 Å². The molecule has 75 valence electrons. The van der Waals surface area contributed by atoms with E-state index >= 15 is 0 Å². The Bertz CT molecular complexity index is 313. The molecule has 0 fully saturated rings. The summed E-state index contributed by atoms with van der Waals surface area (Å²) in [7, 11) is 0. The van der Waals surface area contributed by atoms with Crippen LogP contribution in [0.1, 0.15) is 18.1 Å². The van der Waals surface area contributed by atoms with Crippen molar-refractivity contribution in [3.8, 4) is 0 Å². The SMILES string of the molecule is CCc1cccc(C)c1[N+](=O)[O-].[CH3-].[Y]. The van der Waals surface area contributed by atoms with Crippen LogP contribution in [0.2, 0.25) is 0 Å². The van der Waals surface area contributed by atoms with Gasteiger partial charge in [-0.3, -0.25) is 10.1 Å². The molecule has 1 aromatic carbocycles. The van der Waals surface area contributed by atoms with Crippen LogP contribution in [0, 0.1) is 24.5 Å². The first-order chi connectivity index (χ1) is 5.66. The van der Waals surface area contributed by atoms with Crippen LogP contribution in [0.25, 0.3) is 0 Å². The molecule has 0 aromatic heterocycles. The van der Waals surface area contributed by atoms with Crippen molar-refractivity contribution in [3.05, 3.63) is 46.9 Å². The third-order valence-electron chi connectivity index (χ3n) is 1.88. The number of nitro groups is 1. The Morgan fingerprint density at radius 2 is 2.00 bits per heavy atom. The van der Waals surface area contributed by atoms with Crippen molar-refractivity contribution in [2.75, 3.05) is 0 Å². The monoisotopic (exact) mass is 269 g/mol. The smallest absolute Gasteiger partial charge is 0.275 e. The molecule has 1 rings (SSSR count). The maximum Gasteiger partial charge on any atom is 0.275 e. The third-order valence-corrected chi connectivity index (χ3v) is 1.88. The Hall–Kier alpha value is -0.276. The number of benzene rings is 1. The minimum atomic E-state index is -0.311. The molecule has 3 nitrogen and oxygen atoms in total. The van der Waals surface area contributed by atoms with E-state index in [1.54, 1.807) is 19.1 Å². The van der Waals surface area contributed by atoms with E-state index in [4.69, 9.17) is 0 Å². The number of nitro benzene ring substituents is 1. The molecule has 0 saturated carbocycles. The maximum atomic E-state index is 10.6. The number of rotatable bonds is 2. The maximum absolute atomic E-state index is 10.6. The summed E-state index contributed by atoms with van der Waals surface area (Å²) >= 11 is 0. The van der Waals surface area contributed by atoms with E-state index in [1.807, 2.05) is 13.0 Å². The molecule has 0 aliphatic heterocycles. The number of aryl methyl sites for hydroxylation is 2. The summed E-state index contributed by atoms with van der Waals surface area (Å²) in [5, 5.41) is 10.6. The van der Waals surface area contributed by atoms with Crippen molar-refractivity contribution in [2.24, 2.45) is 0 Å².